The maximum absolute atomic E-state index is 13.2. The second kappa shape index (κ2) is 35.7. The molecule has 0 aliphatic carbocycles. The summed E-state index contributed by atoms with van der Waals surface area (Å²) in [6.07, 6.45) is -92.0. The normalized spacial score (nSPS) is 46.8. The van der Waals surface area contributed by atoms with E-state index >= 15 is 0 Å². The molecule has 0 amide bonds. The van der Waals surface area contributed by atoms with Gasteiger partial charge < -0.3 is 210 Å². The van der Waals surface area contributed by atoms with Crippen molar-refractivity contribution in [1.82, 2.24) is 0 Å². The van der Waals surface area contributed by atoms with Crippen molar-refractivity contribution in [3.8, 4) is 0 Å². The molecule has 39 atom stereocenters. The summed E-state index contributed by atoms with van der Waals surface area (Å²) in [5.41, 5.74) is 5.40. The van der Waals surface area contributed by atoms with Gasteiger partial charge in [-0.25, -0.2) is 13.9 Å². The number of aliphatic hydroxyl groups is 24. The predicted octanol–water partition coefficient (Wildman–Crippen LogP) is -18.1. The van der Waals surface area contributed by atoms with Gasteiger partial charge in [-0.15, -0.1) is 0 Å². The first-order valence-electron chi connectivity index (χ1n) is 30.1. The van der Waals surface area contributed by atoms with E-state index < -0.39 is 320 Å². The van der Waals surface area contributed by atoms with Crippen LogP contribution in [0, 0.1) is 0 Å². The van der Waals surface area contributed by atoms with Crippen molar-refractivity contribution in [3.05, 3.63) is 0 Å². The van der Waals surface area contributed by atoms with Gasteiger partial charge in [-0.1, -0.05) is 0 Å². The minimum Gasteiger partial charge on any atom is -0.477 e. The molecule has 7 saturated heterocycles. The van der Waals surface area contributed by atoms with Crippen LogP contribution in [0.15, 0.2) is 0 Å². The summed E-state index contributed by atoms with van der Waals surface area (Å²) in [6, 6.07) is 0. The minimum atomic E-state index is -5.97. The zero-order valence-corrected chi connectivity index (χ0v) is 53.0. The van der Waals surface area contributed by atoms with Crippen LogP contribution in [0.4, 0.5) is 0 Å². The lowest BCUT2D eigenvalue weighted by atomic mass is 9.91. The Labute approximate surface area is 556 Å². The standard InChI is InChI=1S/C49H87NO47P2/c50-1-2-82-99(80,81)97-18(10-57)36-24(66)26(68)40(93-46-39(25(67)23(65)32(86-46)11(58)4-51)92-43-29(71)22(64)20(62)16(8-55)84-43)47(89-36)91-38-31(73)45(90-37-14(96-98(77,78)79)3-49(76,48(74)75)95-34(37)13(60)6-53)87-33(12(59)5-52)41(38)94-44-30(72)27(69)35(17(9-56)85-44)88-42-28(70)21(63)19(61)15(7-54)83-42/h11-47,51-73,76H,1-10,50H2,(H,74,75)(H,80,81)(H2,77,78,79)/t11-,12-,13+,14+,15+,16+,17+,18-,19+,20-,21-,22-,23-,24-,25-,26-,27+,28+,29+,30+,31-,32+,33+,34+,35+,36+,37+,38+,39-,40-,41+,42-,43-,44-,45+,46+,47+,49?/m0/s1. The summed E-state index contributed by atoms with van der Waals surface area (Å²) in [7, 11) is -11.5. The summed E-state index contributed by atoms with van der Waals surface area (Å²) in [6.45, 7) is -10.5. The Balaban J connectivity index is 1.39. The van der Waals surface area contributed by atoms with Crippen LogP contribution in [0.2, 0.25) is 0 Å². The second-order valence-corrected chi connectivity index (χ2v) is 26.3. The number of aliphatic carboxylic acids is 1. The predicted molar refractivity (Wildman–Crippen MR) is 296 cm³/mol. The van der Waals surface area contributed by atoms with Crippen LogP contribution >= 0.6 is 15.6 Å². The van der Waals surface area contributed by atoms with E-state index in [1.165, 1.54) is 0 Å². The van der Waals surface area contributed by atoms with Crippen molar-refractivity contribution in [2.24, 2.45) is 5.73 Å². The number of hydrogen-bond acceptors (Lipinski definition) is 44. The van der Waals surface area contributed by atoms with E-state index in [1.54, 1.807) is 0 Å². The number of hydrogen-bond donors (Lipinski definition) is 29. The molecule has 7 aliphatic heterocycles. The molecule has 0 bridgehead atoms. The van der Waals surface area contributed by atoms with Crippen LogP contribution in [0.25, 0.3) is 0 Å². The number of phosphoric acid groups is 2. The van der Waals surface area contributed by atoms with E-state index in [0.29, 0.717) is 0 Å². The molecule has 0 radical (unpaired) electrons. The Bertz CT molecular complexity index is 2590. The highest BCUT2D eigenvalue weighted by molar-refractivity contribution is 7.47. The van der Waals surface area contributed by atoms with Crippen molar-refractivity contribution in [3.63, 3.8) is 0 Å². The molecule has 0 aromatic rings. The number of carboxylic acid groups (broad SMARTS) is 1. The third kappa shape index (κ3) is 19.1. The number of nitrogens with two attached hydrogens (primary N) is 1. The van der Waals surface area contributed by atoms with Crippen molar-refractivity contribution in [2.45, 2.75) is 239 Å². The van der Waals surface area contributed by atoms with E-state index in [9.17, 15) is 156 Å². The molecule has 7 heterocycles. The molecule has 0 aromatic carbocycles. The maximum atomic E-state index is 13.2. The van der Waals surface area contributed by atoms with Crippen molar-refractivity contribution in [2.75, 3.05) is 59.4 Å². The average Bonchev–Trinajstić information content (AvgIpc) is 0.764. The van der Waals surface area contributed by atoms with Crippen LogP contribution in [0.5, 0.6) is 0 Å². The highest BCUT2D eigenvalue weighted by Gasteiger charge is 2.63. The number of phosphoric ester groups is 2. The smallest absolute Gasteiger partial charge is 0.472 e. The zero-order valence-electron chi connectivity index (χ0n) is 51.2. The number of carboxylic acids is 1. The summed E-state index contributed by atoms with van der Waals surface area (Å²) in [4.78, 5) is 43.1. The van der Waals surface area contributed by atoms with Crippen molar-refractivity contribution >= 4 is 21.6 Å². The van der Waals surface area contributed by atoms with Crippen LogP contribution < -0.4 is 5.73 Å². The first-order chi connectivity index (χ1) is 46.4. The van der Waals surface area contributed by atoms with E-state index in [1.807, 2.05) is 0 Å². The lowest BCUT2D eigenvalue weighted by molar-refractivity contribution is -0.421. The molecule has 0 aromatic heterocycles. The van der Waals surface area contributed by atoms with Gasteiger partial charge in [0.1, 0.15) is 189 Å². The van der Waals surface area contributed by atoms with Gasteiger partial charge in [0.25, 0.3) is 5.79 Å². The lowest BCUT2D eigenvalue weighted by Crippen LogP contribution is -2.71. The van der Waals surface area contributed by atoms with Gasteiger partial charge in [-0.2, -0.15) is 0 Å². The molecule has 7 fully saturated rings. The monoisotopic (exact) mass is 1500 g/mol. The number of aliphatic hydroxyl groups excluding tert-OH is 23. The number of rotatable bonds is 31. The highest BCUT2D eigenvalue weighted by Crippen LogP contribution is 2.48. The molecule has 580 valence electrons. The van der Waals surface area contributed by atoms with Crippen molar-refractivity contribution < 1.29 is 231 Å². The van der Waals surface area contributed by atoms with Crippen molar-refractivity contribution in [1.29, 1.82) is 0 Å². The maximum Gasteiger partial charge on any atom is 0.472 e. The Morgan fingerprint density at radius 1 is 0.444 bits per heavy atom. The molecule has 48 nitrogen and oxygen atoms in total. The van der Waals surface area contributed by atoms with Gasteiger partial charge in [0.15, 0.2) is 37.7 Å². The fourth-order valence-electron chi connectivity index (χ4n) is 11.8. The van der Waals surface area contributed by atoms with Gasteiger partial charge in [-0.3, -0.25) is 13.6 Å². The fraction of sp³-hybridized carbons (Fsp3) is 0.980. The molecule has 0 saturated carbocycles. The highest BCUT2D eigenvalue weighted by atomic mass is 31.2. The molecular formula is C49H87NO47P2. The summed E-state index contributed by atoms with van der Waals surface area (Å²) in [5, 5.41) is 274. The molecule has 7 rings (SSSR count). The van der Waals surface area contributed by atoms with Gasteiger partial charge in [0, 0.05) is 13.0 Å². The largest absolute Gasteiger partial charge is 0.477 e. The van der Waals surface area contributed by atoms with E-state index in [0.717, 1.165) is 0 Å². The minimum absolute atomic E-state index is 0.453. The number of ether oxygens (including phenoxy) is 13. The summed E-state index contributed by atoms with van der Waals surface area (Å²) >= 11 is 0. The van der Waals surface area contributed by atoms with Crippen LogP contribution in [0.3, 0.4) is 0 Å². The Morgan fingerprint density at radius 2 is 0.838 bits per heavy atom. The average molecular weight is 1500 g/mol. The topological polar surface area (TPSA) is 791 Å². The van der Waals surface area contributed by atoms with E-state index in [4.69, 9.17) is 80.9 Å². The van der Waals surface area contributed by atoms with Gasteiger partial charge in [-0.05, 0) is 0 Å². The molecule has 30 N–H and O–H groups in total. The first-order valence-corrected chi connectivity index (χ1v) is 33.2. The zero-order chi connectivity index (χ0) is 73.8. The molecule has 7 aliphatic rings. The molecule has 99 heavy (non-hydrogen) atoms. The third-order valence-electron chi connectivity index (χ3n) is 17.0. The fourth-order valence-corrected chi connectivity index (χ4v) is 13.2. The van der Waals surface area contributed by atoms with Crippen LogP contribution in [-0.4, -0.2) is 440 Å². The Kier molecular flexibility index (Phi) is 30.5. The molecular weight excluding hydrogens is 1420 g/mol. The quantitative estimate of drug-likeness (QED) is 0.0287. The van der Waals surface area contributed by atoms with Gasteiger partial charge in [0.05, 0.1) is 52.9 Å². The third-order valence-corrected chi connectivity index (χ3v) is 18.6. The summed E-state index contributed by atoms with van der Waals surface area (Å²) in [5.74, 6) is -5.92. The Morgan fingerprint density at radius 3 is 1.31 bits per heavy atom. The number of carbonyl (C=O) groups is 1. The lowest BCUT2D eigenvalue weighted by Gasteiger charge is -2.53. The van der Waals surface area contributed by atoms with Crippen LogP contribution in [-0.2, 0) is 89.1 Å². The summed E-state index contributed by atoms with van der Waals surface area (Å²) < 4.78 is 115. The molecule has 0 spiro atoms. The van der Waals surface area contributed by atoms with E-state index in [2.05, 4.69) is 0 Å². The molecule has 50 heteroatoms. The Hall–Kier alpha value is -1.83. The van der Waals surface area contributed by atoms with Crippen LogP contribution in [0.1, 0.15) is 6.42 Å². The SMILES string of the molecule is NCCOP(=O)(O)O[C@@H](CO)[C@H]1O[C@H](O[C@@H]2[C@H](O)[C@@H](O[C@H]3[C@@H]([C@H](O)CO)OC(O)(C(=O)O)C[C@H]3OP(=O)(O)O)O[C@H]([C@@H](O)CO)[C@H]2O[C@@H]2O[C@H](CO)[C@@H](O[C@@H]3O[C@H](CO)[C@@H](O)[C@H](O)[C@H]3O)[C@H](O)[C@H]2O)[C@@H](O[C@H]2O[C@H]([C@@H](O)CO)[C@@H](O)[C@H](O)[C@@H]2O[C@@H]2O[C@H](CO)[C@H](O)[C@H](O)[C@H]2O)[C@@H](O)[C@@H]1O. The van der Waals surface area contributed by atoms with E-state index in [-0.39, 0.29) is 0 Å². The first kappa shape index (κ1) is 84.4. The molecule has 2 unspecified atom stereocenters. The van der Waals surface area contributed by atoms with Gasteiger partial charge >= 0.3 is 21.6 Å². The second-order valence-electron chi connectivity index (χ2n) is 23.7. The van der Waals surface area contributed by atoms with Gasteiger partial charge in [0.2, 0.25) is 0 Å².